The fraction of sp³-hybridized carbons (Fsp3) is 0.200. The van der Waals surface area contributed by atoms with Crippen molar-refractivity contribution >= 4 is 11.5 Å². The van der Waals surface area contributed by atoms with Gasteiger partial charge in [0.1, 0.15) is 24.2 Å². The first kappa shape index (κ1) is 17.4. The second-order valence-corrected chi connectivity index (χ2v) is 5.65. The molecule has 0 N–H and O–H groups in total. The first-order valence-electron chi connectivity index (χ1n) is 8.01. The molecule has 0 aliphatic heterocycles. The van der Waals surface area contributed by atoms with E-state index in [1.165, 1.54) is 7.11 Å². The number of ether oxygens (including phenoxy) is 3. The maximum Gasteiger partial charge on any atom is 0.310 e. The Morgan fingerprint density at radius 1 is 1.15 bits per heavy atom. The standard InChI is InChI=1S/C20H18N2O4/c1-24-16-7-6-14(19(10-16)25-2)9-20(23)26-13-15-12-22-8-4-3-5-18(22)17(15)11-21/h3-8,10,12H,9,13H2,1-2H3. The van der Waals surface area contributed by atoms with E-state index in [0.717, 1.165) is 5.52 Å². The van der Waals surface area contributed by atoms with Gasteiger partial charge in [0, 0.05) is 29.6 Å². The highest BCUT2D eigenvalue weighted by molar-refractivity contribution is 5.74. The minimum Gasteiger partial charge on any atom is -0.497 e. The second-order valence-electron chi connectivity index (χ2n) is 5.65. The molecule has 6 nitrogen and oxygen atoms in total. The topological polar surface area (TPSA) is 73.0 Å². The minimum absolute atomic E-state index is 0.0435. The molecule has 0 amide bonds. The number of fused-ring (bicyclic) bond motifs is 1. The number of methoxy groups -OCH3 is 2. The van der Waals surface area contributed by atoms with Crippen LogP contribution in [0, 0.1) is 11.3 Å². The summed E-state index contributed by atoms with van der Waals surface area (Å²) >= 11 is 0. The van der Waals surface area contributed by atoms with Crippen molar-refractivity contribution in [3.63, 3.8) is 0 Å². The lowest BCUT2D eigenvalue weighted by atomic mass is 10.1. The summed E-state index contributed by atoms with van der Waals surface area (Å²) in [5.41, 5.74) is 2.69. The second kappa shape index (κ2) is 7.62. The van der Waals surface area contributed by atoms with Crippen molar-refractivity contribution in [3.05, 3.63) is 65.5 Å². The number of hydrogen-bond donors (Lipinski definition) is 0. The lowest BCUT2D eigenvalue weighted by Crippen LogP contribution is -2.09. The Balaban J connectivity index is 1.71. The molecule has 6 heteroatoms. The third kappa shape index (κ3) is 3.47. The van der Waals surface area contributed by atoms with E-state index in [2.05, 4.69) is 6.07 Å². The number of nitriles is 1. The predicted molar refractivity (Wildman–Crippen MR) is 95.2 cm³/mol. The quantitative estimate of drug-likeness (QED) is 0.639. The van der Waals surface area contributed by atoms with Crippen LogP contribution < -0.4 is 9.47 Å². The SMILES string of the molecule is COc1ccc(CC(=O)OCc2cn3ccccc3c2C#N)c(OC)c1. The van der Waals surface area contributed by atoms with Crippen LogP contribution in [0.1, 0.15) is 16.7 Å². The van der Waals surface area contributed by atoms with Gasteiger partial charge in [0.05, 0.1) is 31.7 Å². The maximum atomic E-state index is 12.2. The van der Waals surface area contributed by atoms with Crippen molar-refractivity contribution in [2.24, 2.45) is 0 Å². The Morgan fingerprint density at radius 2 is 2.00 bits per heavy atom. The first-order chi connectivity index (χ1) is 12.7. The van der Waals surface area contributed by atoms with Crippen molar-refractivity contribution in [2.45, 2.75) is 13.0 Å². The van der Waals surface area contributed by atoms with Gasteiger partial charge in [-0.2, -0.15) is 5.26 Å². The van der Waals surface area contributed by atoms with Gasteiger partial charge in [0.15, 0.2) is 0 Å². The van der Waals surface area contributed by atoms with Crippen LogP contribution in [0.15, 0.2) is 48.8 Å². The van der Waals surface area contributed by atoms with Gasteiger partial charge in [-0.25, -0.2) is 0 Å². The van der Waals surface area contributed by atoms with Gasteiger partial charge in [0.25, 0.3) is 0 Å². The van der Waals surface area contributed by atoms with E-state index in [1.807, 2.05) is 28.8 Å². The molecule has 3 rings (SSSR count). The molecule has 0 bridgehead atoms. The predicted octanol–water partition coefficient (Wildman–Crippen LogP) is 3.11. The van der Waals surface area contributed by atoms with Crippen molar-refractivity contribution in [1.29, 1.82) is 5.26 Å². The third-order valence-corrected chi connectivity index (χ3v) is 4.09. The summed E-state index contributed by atoms with van der Waals surface area (Å²) in [6, 6.07) is 13.0. The number of aromatic nitrogens is 1. The van der Waals surface area contributed by atoms with Crippen LogP contribution in [-0.2, 0) is 22.6 Å². The average Bonchev–Trinajstić information content (AvgIpc) is 3.04. The van der Waals surface area contributed by atoms with Gasteiger partial charge in [-0.05, 0) is 18.2 Å². The van der Waals surface area contributed by atoms with E-state index in [-0.39, 0.29) is 13.0 Å². The van der Waals surface area contributed by atoms with Gasteiger partial charge in [-0.3, -0.25) is 4.79 Å². The molecular formula is C20H18N2O4. The van der Waals surface area contributed by atoms with Crippen LogP contribution in [-0.4, -0.2) is 24.6 Å². The van der Waals surface area contributed by atoms with E-state index in [9.17, 15) is 10.1 Å². The molecule has 2 heterocycles. The van der Waals surface area contributed by atoms with Gasteiger partial charge in [-0.15, -0.1) is 0 Å². The molecular weight excluding hydrogens is 332 g/mol. The number of nitrogens with zero attached hydrogens (tertiary/aromatic N) is 2. The molecule has 0 saturated carbocycles. The fourth-order valence-electron chi connectivity index (χ4n) is 2.78. The lowest BCUT2D eigenvalue weighted by molar-refractivity contribution is -0.144. The summed E-state index contributed by atoms with van der Waals surface area (Å²) in [6.07, 6.45) is 3.72. The smallest absolute Gasteiger partial charge is 0.310 e. The van der Waals surface area contributed by atoms with Crippen molar-refractivity contribution in [2.75, 3.05) is 14.2 Å². The van der Waals surface area contributed by atoms with E-state index >= 15 is 0 Å². The Hall–Kier alpha value is -3.46. The molecule has 0 unspecified atom stereocenters. The van der Waals surface area contributed by atoms with E-state index in [0.29, 0.717) is 28.2 Å². The highest BCUT2D eigenvalue weighted by Gasteiger charge is 2.14. The third-order valence-electron chi connectivity index (χ3n) is 4.09. The molecule has 0 atom stereocenters. The monoisotopic (exact) mass is 350 g/mol. The van der Waals surface area contributed by atoms with Gasteiger partial charge >= 0.3 is 5.97 Å². The minimum atomic E-state index is -0.396. The maximum absolute atomic E-state index is 12.2. The van der Waals surface area contributed by atoms with Crippen LogP contribution >= 0.6 is 0 Å². The van der Waals surface area contributed by atoms with Crippen LogP contribution in [0.5, 0.6) is 11.5 Å². The lowest BCUT2D eigenvalue weighted by Gasteiger charge is -2.10. The summed E-state index contributed by atoms with van der Waals surface area (Å²) in [4.78, 5) is 12.2. The average molecular weight is 350 g/mol. The zero-order valence-corrected chi connectivity index (χ0v) is 14.6. The Bertz CT molecular complexity index is 985. The molecule has 0 saturated heterocycles. The molecule has 0 spiro atoms. The van der Waals surface area contributed by atoms with Gasteiger partial charge in [0.2, 0.25) is 0 Å². The summed E-state index contributed by atoms with van der Waals surface area (Å²) in [6.45, 7) is 0.0435. The Labute approximate surface area is 151 Å². The summed E-state index contributed by atoms with van der Waals surface area (Å²) in [5, 5.41) is 9.39. The van der Waals surface area contributed by atoms with Crippen molar-refractivity contribution in [1.82, 2.24) is 4.40 Å². The van der Waals surface area contributed by atoms with Crippen LogP contribution in [0.3, 0.4) is 0 Å². The molecule has 1 aromatic carbocycles. The normalized spacial score (nSPS) is 10.3. The molecule has 3 aromatic rings. The largest absolute Gasteiger partial charge is 0.497 e. The van der Waals surface area contributed by atoms with Gasteiger partial charge < -0.3 is 18.6 Å². The van der Waals surface area contributed by atoms with Crippen LogP contribution in [0.25, 0.3) is 5.52 Å². The highest BCUT2D eigenvalue weighted by Crippen LogP contribution is 2.25. The molecule has 0 aliphatic rings. The van der Waals surface area contributed by atoms with E-state index < -0.39 is 5.97 Å². The number of rotatable bonds is 6. The number of esters is 1. The zero-order valence-electron chi connectivity index (χ0n) is 14.6. The molecule has 132 valence electrons. The molecule has 2 aromatic heterocycles. The van der Waals surface area contributed by atoms with Gasteiger partial charge in [-0.1, -0.05) is 12.1 Å². The number of benzene rings is 1. The molecule has 0 radical (unpaired) electrons. The molecule has 26 heavy (non-hydrogen) atoms. The number of pyridine rings is 1. The van der Waals surface area contributed by atoms with Crippen LogP contribution in [0.2, 0.25) is 0 Å². The highest BCUT2D eigenvalue weighted by atomic mass is 16.5. The Morgan fingerprint density at radius 3 is 2.73 bits per heavy atom. The molecule has 0 fully saturated rings. The summed E-state index contributed by atoms with van der Waals surface area (Å²) in [5.74, 6) is 0.819. The van der Waals surface area contributed by atoms with Crippen LogP contribution in [0.4, 0.5) is 0 Å². The van der Waals surface area contributed by atoms with E-state index in [1.54, 1.807) is 31.5 Å². The number of carbonyl (C=O) groups excluding carboxylic acids is 1. The fourth-order valence-corrected chi connectivity index (χ4v) is 2.78. The van der Waals surface area contributed by atoms with E-state index in [4.69, 9.17) is 14.2 Å². The summed E-state index contributed by atoms with van der Waals surface area (Å²) < 4.78 is 17.7. The van der Waals surface area contributed by atoms with Crippen molar-refractivity contribution in [3.8, 4) is 17.6 Å². The van der Waals surface area contributed by atoms with Crippen molar-refractivity contribution < 1.29 is 19.0 Å². The first-order valence-corrected chi connectivity index (χ1v) is 8.01. The zero-order chi connectivity index (χ0) is 18.5. The number of hydrogen-bond acceptors (Lipinski definition) is 5. The summed E-state index contributed by atoms with van der Waals surface area (Å²) in [7, 11) is 3.10. The Kier molecular flexibility index (Phi) is 5.09. The number of carbonyl (C=O) groups is 1. The molecule has 0 aliphatic carbocycles.